The highest BCUT2D eigenvalue weighted by molar-refractivity contribution is 6.33. The van der Waals surface area contributed by atoms with Gasteiger partial charge in [-0.25, -0.2) is 0 Å². The summed E-state index contributed by atoms with van der Waals surface area (Å²) in [4.78, 5) is 8.74. The van der Waals surface area contributed by atoms with E-state index in [1.165, 1.54) is 0 Å². The van der Waals surface area contributed by atoms with Crippen molar-refractivity contribution in [2.45, 2.75) is 6.92 Å². The van der Waals surface area contributed by atoms with Crippen molar-refractivity contribution in [2.75, 3.05) is 0 Å². The molecule has 0 unspecified atom stereocenters. The molecule has 1 N–H and O–H groups in total. The highest BCUT2D eigenvalue weighted by Gasteiger charge is 2.07. The van der Waals surface area contributed by atoms with Crippen molar-refractivity contribution in [1.29, 1.82) is 0 Å². The zero-order valence-corrected chi connectivity index (χ0v) is 15.5. The lowest BCUT2D eigenvalue weighted by molar-refractivity contribution is 0.473. The van der Waals surface area contributed by atoms with Gasteiger partial charge in [-0.2, -0.15) is 0 Å². The molecule has 3 aromatic carbocycles. The normalized spacial score (nSPS) is 11.5. The van der Waals surface area contributed by atoms with E-state index in [1.54, 1.807) is 24.6 Å². The second kappa shape index (κ2) is 8.17. The molecule has 0 bridgehead atoms. The van der Waals surface area contributed by atoms with Crippen molar-refractivity contribution in [3.8, 4) is 5.75 Å². The summed E-state index contributed by atoms with van der Waals surface area (Å²) in [6.07, 6.45) is 3.19. The molecule has 3 rings (SSSR count). The Morgan fingerprint density at radius 3 is 1.62 bits per heavy atom. The van der Waals surface area contributed by atoms with E-state index in [4.69, 9.17) is 23.2 Å². The van der Waals surface area contributed by atoms with E-state index in [9.17, 15) is 5.11 Å². The summed E-state index contributed by atoms with van der Waals surface area (Å²) in [6, 6.07) is 18.3. The molecule has 0 saturated carbocycles. The number of halogens is 2. The predicted molar refractivity (Wildman–Crippen MR) is 110 cm³/mol. The average molecular weight is 383 g/mol. The van der Waals surface area contributed by atoms with Crippen LogP contribution >= 0.6 is 23.2 Å². The molecule has 130 valence electrons. The Bertz CT molecular complexity index is 920. The molecule has 0 radical (unpaired) electrons. The molecule has 26 heavy (non-hydrogen) atoms. The van der Waals surface area contributed by atoms with Crippen molar-refractivity contribution in [3.63, 3.8) is 0 Å². The van der Waals surface area contributed by atoms with Gasteiger partial charge in [-0.05, 0) is 48.9 Å². The van der Waals surface area contributed by atoms with Gasteiger partial charge in [-0.15, -0.1) is 0 Å². The maximum Gasteiger partial charge on any atom is 0.133 e. The van der Waals surface area contributed by atoms with Crippen molar-refractivity contribution in [3.05, 3.63) is 87.4 Å². The fraction of sp³-hybridized carbons (Fsp3) is 0.0476. The molecule has 0 heterocycles. The van der Waals surface area contributed by atoms with Gasteiger partial charge in [-0.1, -0.05) is 47.5 Å². The molecule has 0 spiro atoms. The number of nitrogens with zero attached hydrogens (tertiary/aromatic N) is 2. The topological polar surface area (TPSA) is 45.0 Å². The molecule has 0 aliphatic rings. The van der Waals surface area contributed by atoms with Gasteiger partial charge in [0.15, 0.2) is 0 Å². The maximum absolute atomic E-state index is 10.6. The van der Waals surface area contributed by atoms with Crippen LogP contribution in [0.5, 0.6) is 5.75 Å². The first-order valence-corrected chi connectivity index (χ1v) is 8.71. The van der Waals surface area contributed by atoms with Gasteiger partial charge >= 0.3 is 0 Å². The summed E-state index contributed by atoms with van der Waals surface area (Å²) in [7, 11) is 0. The summed E-state index contributed by atoms with van der Waals surface area (Å²) in [5.41, 5.74) is 3.43. The van der Waals surface area contributed by atoms with Crippen molar-refractivity contribution in [2.24, 2.45) is 9.98 Å². The quantitative estimate of drug-likeness (QED) is 0.513. The number of aromatic hydroxyl groups is 1. The molecule has 0 aliphatic heterocycles. The van der Waals surface area contributed by atoms with Gasteiger partial charge in [0.2, 0.25) is 0 Å². The number of para-hydroxylation sites is 2. The number of phenols is 1. The lowest BCUT2D eigenvalue weighted by atomic mass is 10.1. The first-order chi connectivity index (χ1) is 12.5. The average Bonchev–Trinajstić information content (AvgIpc) is 2.63. The Morgan fingerprint density at radius 1 is 0.769 bits per heavy atom. The van der Waals surface area contributed by atoms with Gasteiger partial charge in [0.1, 0.15) is 5.75 Å². The lowest BCUT2D eigenvalue weighted by Gasteiger charge is -2.06. The highest BCUT2D eigenvalue weighted by atomic mass is 35.5. The Morgan fingerprint density at radius 2 is 1.19 bits per heavy atom. The van der Waals surface area contributed by atoms with E-state index in [1.807, 2.05) is 55.5 Å². The summed E-state index contributed by atoms with van der Waals surface area (Å²) in [5.74, 6) is 0.0993. The molecular weight excluding hydrogens is 367 g/mol. The van der Waals surface area contributed by atoms with Crippen LogP contribution < -0.4 is 0 Å². The number of benzene rings is 3. The third-order valence-corrected chi connectivity index (χ3v) is 4.34. The number of phenolic OH excluding ortho intramolecular Hbond substituents is 1. The first kappa shape index (κ1) is 18.2. The molecule has 3 aromatic rings. The second-order valence-electron chi connectivity index (χ2n) is 5.71. The Balaban J connectivity index is 1.94. The Kier molecular flexibility index (Phi) is 5.71. The molecule has 5 heteroatoms. The number of aryl methyl sites for hydroxylation is 1. The number of hydrogen-bond donors (Lipinski definition) is 1. The standard InChI is InChI=1S/C21H16Cl2N2O/c1-14-10-15(12-24-19-8-4-2-6-17(19)22)21(26)16(11-14)13-25-20-9-5-3-7-18(20)23/h2-13,26H,1H3. The van der Waals surface area contributed by atoms with Crippen LogP contribution in [0.15, 0.2) is 70.6 Å². The van der Waals surface area contributed by atoms with Crippen molar-refractivity contribution < 1.29 is 5.11 Å². The van der Waals surface area contributed by atoms with E-state index in [0.717, 1.165) is 5.56 Å². The maximum atomic E-state index is 10.6. The summed E-state index contributed by atoms with van der Waals surface area (Å²) < 4.78 is 0. The zero-order chi connectivity index (χ0) is 18.5. The van der Waals surface area contributed by atoms with E-state index >= 15 is 0 Å². The van der Waals surface area contributed by atoms with Crippen LogP contribution in [0.4, 0.5) is 11.4 Å². The largest absolute Gasteiger partial charge is 0.507 e. The highest BCUT2D eigenvalue weighted by Crippen LogP contribution is 2.28. The van der Waals surface area contributed by atoms with E-state index in [0.29, 0.717) is 32.5 Å². The minimum Gasteiger partial charge on any atom is -0.507 e. The van der Waals surface area contributed by atoms with Crippen LogP contribution in [-0.2, 0) is 0 Å². The minimum atomic E-state index is 0.0993. The molecule has 0 aliphatic carbocycles. The van der Waals surface area contributed by atoms with Crippen LogP contribution in [0.1, 0.15) is 16.7 Å². The minimum absolute atomic E-state index is 0.0993. The van der Waals surface area contributed by atoms with Crippen LogP contribution in [0.25, 0.3) is 0 Å². The summed E-state index contributed by atoms with van der Waals surface area (Å²) in [6.45, 7) is 1.94. The fourth-order valence-electron chi connectivity index (χ4n) is 2.42. The summed E-state index contributed by atoms with van der Waals surface area (Å²) >= 11 is 12.2. The molecule has 0 fully saturated rings. The van der Waals surface area contributed by atoms with E-state index in [2.05, 4.69) is 9.98 Å². The third kappa shape index (κ3) is 4.31. The number of aliphatic imine (C=N–C) groups is 2. The van der Waals surface area contributed by atoms with Gasteiger partial charge in [0.05, 0.1) is 21.4 Å². The Labute approximate surface area is 162 Å². The number of rotatable bonds is 4. The molecular formula is C21H16Cl2N2O. The van der Waals surface area contributed by atoms with Gasteiger partial charge in [-0.3, -0.25) is 9.98 Å². The molecule has 0 aromatic heterocycles. The van der Waals surface area contributed by atoms with Crippen LogP contribution in [0, 0.1) is 6.92 Å². The monoisotopic (exact) mass is 382 g/mol. The smallest absolute Gasteiger partial charge is 0.133 e. The molecule has 0 saturated heterocycles. The summed E-state index contributed by atoms with van der Waals surface area (Å²) in [5, 5.41) is 11.7. The second-order valence-corrected chi connectivity index (χ2v) is 6.53. The zero-order valence-electron chi connectivity index (χ0n) is 14.0. The lowest BCUT2D eigenvalue weighted by Crippen LogP contribution is -1.91. The first-order valence-electron chi connectivity index (χ1n) is 7.95. The van der Waals surface area contributed by atoms with Gasteiger partial charge < -0.3 is 5.11 Å². The van der Waals surface area contributed by atoms with Gasteiger partial charge in [0, 0.05) is 23.6 Å². The third-order valence-electron chi connectivity index (χ3n) is 3.70. The molecule has 0 amide bonds. The molecule has 3 nitrogen and oxygen atoms in total. The van der Waals surface area contributed by atoms with Gasteiger partial charge in [0.25, 0.3) is 0 Å². The SMILES string of the molecule is Cc1cc(C=Nc2ccccc2Cl)c(O)c(C=Nc2ccccc2Cl)c1. The van der Waals surface area contributed by atoms with Crippen molar-refractivity contribution >= 4 is 47.0 Å². The fourth-order valence-corrected chi connectivity index (χ4v) is 2.79. The van der Waals surface area contributed by atoms with Crippen LogP contribution in [0.2, 0.25) is 10.0 Å². The van der Waals surface area contributed by atoms with Crippen molar-refractivity contribution in [1.82, 2.24) is 0 Å². The van der Waals surface area contributed by atoms with Crippen LogP contribution in [0.3, 0.4) is 0 Å². The van der Waals surface area contributed by atoms with E-state index < -0.39 is 0 Å². The number of hydrogen-bond acceptors (Lipinski definition) is 3. The predicted octanol–water partition coefficient (Wildman–Crippen LogP) is 6.51. The van der Waals surface area contributed by atoms with Crippen LogP contribution in [-0.4, -0.2) is 17.5 Å². The Hall–Kier alpha value is -2.62. The van der Waals surface area contributed by atoms with E-state index in [-0.39, 0.29) is 5.75 Å². The molecule has 0 atom stereocenters.